The molecule has 0 spiro atoms. The molecule has 26 heavy (non-hydrogen) atoms. The van der Waals surface area contributed by atoms with Crippen molar-refractivity contribution in [1.29, 1.82) is 0 Å². The lowest BCUT2D eigenvalue weighted by Gasteiger charge is -2.09. The summed E-state index contributed by atoms with van der Waals surface area (Å²) in [6, 6.07) is 16.0. The Morgan fingerprint density at radius 1 is 1.12 bits per heavy atom. The third-order valence-corrected chi connectivity index (χ3v) is 5.43. The number of hydrogen-bond acceptors (Lipinski definition) is 5. The predicted molar refractivity (Wildman–Crippen MR) is 108 cm³/mol. The van der Waals surface area contributed by atoms with E-state index in [2.05, 4.69) is 34.6 Å². The van der Waals surface area contributed by atoms with Crippen molar-refractivity contribution in [2.75, 3.05) is 17.3 Å². The number of nitrogens with zero attached hydrogens (tertiary/aromatic N) is 3. The summed E-state index contributed by atoms with van der Waals surface area (Å²) in [7, 11) is 0. The van der Waals surface area contributed by atoms with Gasteiger partial charge in [0.25, 0.3) is 0 Å². The number of carbonyl (C=O) groups excluding carboxylic acids is 1. The van der Waals surface area contributed by atoms with Crippen molar-refractivity contribution in [2.45, 2.75) is 23.9 Å². The Morgan fingerprint density at radius 2 is 1.88 bits per heavy atom. The van der Waals surface area contributed by atoms with Gasteiger partial charge in [-0.1, -0.05) is 35.5 Å². The molecule has 1 N–H and O–H groups in total. The van der Waals surface area contributed by atoms with E-state index in [4.69, 9.17) is 0 Å². The zero-order valence-corrected chi connectivity index (χ0v) is 16.5. The van der Waals surface area contributed by atoms with Crippen molar-refractivity contribution in [3.63, 3.8) is 0 Å². The fourth-order valence-electron chi connectivity index (χ4n) is 2.46. The van der Waals surface area contributed by atoms with Crippen LogP contribution < -0.4 is 5.32 Å². The molecular formula is C19H20N4OS2. The van der Waals surface area contributed by atoms with E-state index < -0.39 is 0 Å². The van der Waals surface area contributed by atoms with Crippen molar-refractivity contribution in [3.8, 4) is 5.69 Å². The summed E-state index contributed by atoms with van der Waals surface area (Å²) in [5, 5.41) is 12.0. The Morgan fingerprint density at radius 3 is 2.62 bits per heavy atom. The zero-order valence-electron chi connectivity index (χ0n) is 14.9. The Labute approximate surface area is 161 Å². The Kier molecular flexibility index (Phi) is 6.00. The quantitative estimate of drug-likeness (QED) is 0.641. The first-order valence-corrected chi connectivity index (χ1v) is 10.3. The van der Waals surface area contributed by atoms with Gasteiger partial charge in [-0.3, -0.25) is 9.36 Å². The molecule has 5 nitrogen and oxygen atoms in total. The van der Waals surface area contributed by atoms with Crippen molar-refractivity contribution in [2.24, 2.45) is 0 Å². The molecular weight excluding hydrogens is 364 g/mol. The zero-order chi connectivity index (χ0) is 18.5. The molecule has 3 rings (SSSR count). The summed E-state index contributed by atoms with van der Waals surface area (Å²) in [5.41, 5.74) is 2.99. The van der Waals surface area contributed by atoms with Crippen molar-refractivity contribution in [1.82, 2.24) is 14.8 Å². The second-order valence-electron chi connectivity index (χ2n) is 5.77. The third-order valence-electron chi connectivity index (χ3n) is 3.77. The summed E-state index contributed by atoms with van der Waals surface area (Å²) < 4.78 is 1.96. The predicted octanol–water partition coefficient (Wildman–Crippen LogP) is 4.34. The van der Waals surface area contributed by atoms with E-state index in [0.717, 1.165) is 22.1 Å². The fourth-order valence-corrected chi connectivity index (χ4v) is 3.71. The molecule has 0 aliphatic carbocycles. The number of anilines is 1. The first-order valence-electron chi connectivity index (χ1n) is 8.12. The molecule has 0 fully saturated rings. The largest absolute Gasteiger partial charge is 0.325 e. The number of thioether (sulfide) groups is 2. The van der Waals surface area contributed by atoms with Gasteiger partial charge in [-0.2, -0.15) is 0 Å². The number of aromatic nitrogens is 3. The van der Waals surface area contributed by atoms with Gasteiger partial charge >= 0.3 is 0 Å². The van der Waals surface area contributed by atoms with Crippen molar-refractivity contribution in [3.05, 3.63) is 59.9 Å². The van der Waals surface area contributed by atoms with Gasteiger partial charge in [0.1, 0.15) is 5.82 Å². The first kappa shape index (κ1) is 18.5. The maximum Gasteiger partial charge on any atom is 0.234 e. The molecule has 1 amide bonds. The van der Waals surface area contributed by atoms with Crippen LogP contribution in [-0.2, 0) is 4.79 Å². The molecule has 0 aliphatic rings. The molecule has 0 aliphatic heterocycles. The molecule has 1 heterocycles. The second kappa shape index (κ2) is 8.42. The van der Waals surface area contributed by atoms with Gasteiger partial charge in [-0.05, 0) is 50.4 Å². The summed E-state index contributed by atoms with van der Waals surface area (Å²) in [5.74, 6) is 1.00. The van der Waals surface area contributed by atoms with E-state index in [1.54, 1.807) is 11.8 Å². The van der Waals surface area contributed by atoms with Crippen LogP contribution in [0.5, 0.6) is 0 Å². The van der Waals surface area contributed by atoms with Gasteiger partial charge in [-0.15, -0.1) is 22.0 Å². The molecule has 0 bridgehead atoms. The first-order chi connectivity index (χ1) is 12.6. The second-order valence-corrected chi connectivity index (χ2v) is 7.59. The third kappa shape index (κ3) is 4.47. The van der Waals surface area contributed by atoms with Gasteiger partial charge in [0, 0.05) is 16.3 Å². The average molecular weight is 385 g/mol. The van der Waals surface area contributed by atoms with Crippen LogP contribution in [0.1, 0.15) is 11.4 Å². The highest BCUT2D eigenvalue weighted by atomic mass is 32.2. The van der Waals surface area contributed by atoms with Gasteiger partial charge in [0.2, 0.25) is 5.91 Å². The number of nitrogens with one attached hydrogen (secondary N) is 1. The number of hydrogen-bond donors (Lipinski definition) is 1. The smallest absolute Gasteiger partial charge is 0.234 e. The highest BCUT2D eigenvalue weighted by molar-refractivity contribution is 7.99. The minimum atomic E-state index is -0.0654. The minimum Gasteiger partial charge on any atom is -0.325 e. The number of aryl methyl sites for hydroxylation is 2. The van der Waals surface area contributed by atoms with Crippen LogP contribution >= 0.6 is 23.5 Å². The molecule has 0 atom stereocenters. The number of carbonyl (C=O) groups is 1. The molecule has 0 unspecified atom stereocenters. The standard InChI is InChI=1S/C19H20N4OS2/c1-13-7-9-16(10-8-13)23-14(2)21-22-19(23)26-12-18(24)20-15-5-4-6-17(11-15)25-3/h4-11H,12H2,1-3H3,(H,20,24). The summed E-state index contributed by atoms with van der Waals surface area (Å²) in [6.07, 6.45) is 2.01. The molecule has 1 aromatic heterocycles. The van der Waals surface area contributed by atoms with E-state index >= 15 is 0 Å². The van der Waals surface area contributed by atoms with Crippen LogP contribution in [0.25, 0.3) is 5.69 Å². The van der Waals surface area contributed by atoms with Crippen LogP contribution in [-0.4, -0.2) is 32.7 Å². The van der Waals surface area contributed by atoms with Crippen LogP contribution in [0, 0.1) is 13.8 Å². The molecule has 2 aromatic carbocycles. The SMILES string of the molecule is CSc1cccc(NC(=O)CSc2nnc(C)n2-c2ccc(C)cc2)c1. The van der Waals surface area contributed by atoms with E-state index in [9.17, 15) is 4.79 Å². The molecule has 0 saturated carbocycles. The summed E-state index contributed by atoms with van der Waals surface area (Å²) in [6.45, 7) is 3.96. The average Bonchev–Trinajstić information content (AvgIpc) is 3.01. The Balaban J connectivity index is 1.68. The van der Waals surface area contributed by atoms with E-state index in [1.807, 2.05) is 54.1 Å². The number of benzene rings is 2. The summed E-state index contributed by atoms with van der Waals surface area (Å²) >= 11 is 3.02. The summed E-state index contributed by atoms with van der Waals surface area (Å²) in [4.78, 5) is 13.4. The van der Waals surface area contributed by atoms with Gasteiger partial charge in [0.15, 0.2) is 5.16 Å². The van der Waals surface area contributed by atoms with Crippen LogP contribution in [0.2, 0.25) is 0 Å². The van der Waals surface area contributed by atoms with E-state index in [1.165, 1.54) is 17.3 Å². The minimum absolute atomic E-state index is 0.0654. The highest BCUT2D eigenvalue weighted by Gasteiger charge is 2.13. The molecule has 0 saturated heterocycles. The normalized spacial score (nSPS) is 10.7. The Hall–Kier alpha value is -2.25. The molecule has 134 valence electrons. The van der Waals surface area contributed by atoms with Crippen molar-refractivity contribution < 1.29 is 4.79 Å². The molecule has 3 aromatic rings. The lowest BCUT2D eigenvalue weighted by atomic mass is 10.2. The topological polar surface area (TPSA) is 59.8 Å². The Bertz CT molecular complexity index is 906. The van der Waals surface area contributed by atoms with Crippen LogP contribution in [0.4, 0.5) is 5.69 Å². The van der Waals surface area contributed by atoms with Gasteiger partial charge in [0.05, 0.1) is 5.75 Å². The lowest BCUT2D eigenvalue weighted by molar-refractivity contribution is -0.113. The van der Waals surface area contributed by atoms with E-state index in [0.29, 0.717) is 5.16 Å². The van der Waals surface area contributed by atoms with Gasteiger partial charge in [-0.25, -0.2) is 0 Å². The monoisotopic (exact) mass is 384 g/mol. The maximum absolute atomic E-state index is 12.3. The lowest BCUT2D eigenvalue weighted by Crippen LogP contribution is -2.14. The number of amides is 1. The van der Waals surface area contributed by atoms with Gasteiger partial charge < -0.3 is 5.32 Å². The highest BCUT2D eigenvalue weighted by Crippen LogP contribution is 2.23. The van der Waals surface area contributed by atoms with Crippen LogP contribution in [0.15, 0.2) is 58.6 Å². The molecule has 7 heteroatoms. The molecule has 0 radical (unpaired) electrons. The number of rotatable bonds is 6. The van der Waals surface area contributed by atoms with Crippen molar-refractivity contribution >= 4 is 35.1 Å². The maximum atomic E-state index is 12.3. The van der Waals surface area contributed by atoms with Crippen LogP contribution in [0.3, 0.4) is 0 Å². The fraction of sp³-hybridized carbons (Fsp3) is 0.211. The van der Waals surface area contributed by atoms with E-state index in [-0.39, 0.29) is 11.7 Å².